The fourth-order valence-corrected chi connectivity index (χ4v) is 1.87. The highest BCUT2D eigenvalue weighted by Gasteiger charge is 2.23. The average Bonchev–Trinajstić information content (AvgIpc) is 2.29. The smallest absolute Gasteiger partial charge is 0.344 e. The van der Waals surface area contributed by atoms with Crippen molar-refractivity contribution in [1.82, 2.24) is 0 Å². The van der Waals surface area contributed by atoms with E-state index in [0.717, 1.165) is 13.2 Å². The Morgan fingerprint density at radius 2 is 2.06 bits per heavy atom. The number of carbonyl (C=O) groups is 2. The van der Waals surface area contributed by atoms with Crippen LogP contribution in [0.15, 0.2) is 12.1 Å². The number of methoxy groups -OCH3 is 1. The Morgan fingerprint density at radius 3 is 2.50 bits per heavy atom. The minimum absolute atomic E-state index is 0.152. The van der Waals surface area contributed by atoms with Crippen molar-refractivity contribution in [1.29, 1.82) is 0 Å². The van der Waals surface area contributed by atoms with E-state index in [4.69, 9.17) is 0 Å². The Bertz CT molecular complexity index is 529. The van der Waals surface area contributed by atoms with Crippen LogP contribution in [-0.2, 0) is 9.53 Å². The number of amides is 1. The first-order valence-corrected chi connectivity index (χ1v) is 5.78. The number of ether oxygens (including phenoxy) is 1. The first-order chi connectivity index (χ1) is 8.36. The zero-order chi connectivity index (χ0) is 13.9. The first kappa shape index (κ1) is 14.4. The molecule has 7 nitrogen and oxygen atoms in total. The Kier molecular flexibility index (Phi) is 4.59. The summed E-state index contributed by atoms with van der Waals surface area (Å²) in [6, 6.07) is 2.44. The van der Waals surface area contributed by atoms with Crippen molar-refractivity contribution >= 4 is 45.8 Å². The molecule has 0 radical (unpaired) electrons. The lowest BCUT2D eigenvalue weighted by Gasteiger charge is -2.07. The van der Waals surface area contributed by atoms with Crippen LogP contribution in [0.4, 0.5) is 11.4 Å². The minimum Gasteiger partial charge on any atom is -0.465 e. The summed E-state index contributed by atoms with van der Waals surface area (Å²) in [5.74, 6) is -1.15. The number of hydrogen-bond donors (Lipinski definition) is 1. The van der Waals surface area contributed by atoms with E-state index >= 15 is 0 Å². The number of anilines is 1. The van der Waals surface area contributed by atoms with Crippen LogP contribution in [0.1, 0.15) is 17.3 Å². The van der Waals surface area contributed by atoms with Crippen molar-refractivity contribution < 1.29 is 19.2 Å². The molecule has 0 aliphatic rings. The number of halogens is 1. The summed E-state index contributed by atoms with van der Waals surface area (Å²) in [6.07, 6.45) is 0. The minimum atomic E-state index is -0.797. The second kappa shape index (κ2) is 5.76. The average molecular weight is 364 g/mol. The molecule has 0 aliphatic carbocycles. The van der Waals surface area contributed by atoms with Crippen LogP contribution in [0.2, 0.25) is 0 Å². The van der Waals surface area contributed by atoms with E-state index in [1.165, 1.54) is 13.0 Å². The van der Waals surface area contributed by atoms with E-state index in [0.29, 0.717) is 3.57 Å². The lowest BCUT2D eigenvalue weighted by Crippen LogP contribution is -2.11. The van der Waals surface area contributed by atoms with Crippen molar-refractivity contribution in [2.45, 2.75) is 6.92 Å². The predicted molar refractivity (Wildman–Crippen MR) is 71.5 cm³/mol. The molecule has 0 aliphatic heterocycles. The van der Waals surface area contributed by atoms with Crippen LogP contribution < -0.4 is 5.32 Å². The maximum atomic E-state index is 11.4. The number of nitro groups is 1. The molecule has 18 heavy (non-hydrogen) atoms. The van der Waals surface area contributed by atoms with Crippen LogP contribution in [0.25, 0.3) is 0 Å². The summed E-state index contributed by atoms with van der Waals surface area (Å²) in [7, 11) is 1.14. The first-order valence-electron chi connectivity index (χ1n) is 4.70. The summed E-state index contributed by atoms with van der Waals surface area (Å²) < 4.78 is 4.98. The van der Waals surface area contributed by atoms with Gasteiger partial charge in [-0.15, -0.1) is 0 Å². The molecule has 0 heterocycles. The van der Waals surface area contributed by atoms with Gasteiger partial charge in [0.25, 0.3) is 5.69 Å². The number of benzene rings is 1. The molecule has 1 aromatic carbocycles. The fraction of sp³-hybridized carbons (Fsp3) is 0.200. The second-order valence-electron chi connectivity index (χ2n) is 3.28. The van der Waals surface area contributed by atoms with E-state index in [2.05, 4.69) is 10.1 Å². The lowest BCUT2D eigenvalue weighted by atomic mass is 10.1. The number of nitrogens with zero attached hydrogens (tertiary/aromatic N) is 1. The number of rotatable bonds is 3. The molecule has 0 spiro atoms. The van der Waals surface area contributed by atoms with Crippen molar-refractivity contribution in [2.24, 2.45) is 0 Å². The van der Waals surface area contributed by atoms with Gasteiger partial charge in [-0.2, -0.15) is 0 Å². The van der Waals surface area contributed by atoms with Crippen molar-refractivity contribution in [2.75, 3.05) is 12.4 Å². The highest BCUT2D eigenvalue weighted by molar-refractivity contribution is 14.1. The largest absolute Gasteiger partial charge is 0.465 e. The maximum Gasteiger partial charge on any atom is 0.344 e. The molecule has 1 N–H and O–H groups in total. The molecule has 1 rings (SSSR count). The van der Waals surface area contributed by atoms with Gasteiger partial charge in [0.05, 0.1) is 17.7 Å². The topological polar surface area (TPSA) is 98.5 Å². The standard InChI is InChI=1S/C10H9IN2O5/c1-5(14)12-8-4-9(13(16)17)6(3-7(8)11)10(15)18-2/h3-4H,1-2H3,(H,12,14). The normalized spacial score (nSPS) is 9.72. The van der Waals surface area contributed by atoms with Gasteiger partial charge in [0.15, 0.2) is 0 Å². The molecular formula is C10H9IN2O5. The van der Waals surface area contributed by atoms with Crippen LogP contribution in [0.3, 0.4) is 0 Å². The number of hydrogen-bond acceptors (Lipinski definition) is 5. The molecule has 0 aromatic heterocycles. The van der Waals surface area contributed by atoms with Gasteiger partial charge in [0, 0.05) is 16.6 Å². The van der Waals surface area contributed by atoms with Crippen molar-refractivity contribution in [3.05, 3.63) is 31.4 Å². The monoisotopic (exact) mass is 364 g/mol. The highest BCUT2D eigenvalue weighted by atomic mass is 127. The Balaban J connectivity index is 3.38. The van der Waals surface area contributed by atoms with Crippen molar-refractivity contribution in [3.63, 3.8) is 0 Å². The van der Waals surface area contributed by atoms with Crippen LogP contribution in [-0.4, -0.2) is 23.9 Å². The van der Waals surface area contributed by atoms with Crippen molar-refractivity contribution in [3.8, 4) is 0 Å². The van der Waals surface area contributed by atoms with E-state index in [1.807, 2.05) is 22.6 Å². The summed E-state index contributed by atoms with van der Waals surface area (Å²) in [5, 5.41) is 13.3. The van der Waals surface area contributed by atoms with Gasteiger partial charge in [-0.1, -0.05) is 0 Å². The predicted octanol–water partition coefficient (Wildman–Crippen LogP) is 1.94. The second-order valence-corrected chi connectivity index (χ2v) is 4.44. The summed E-state index contributed by atoms with van der Waals surface area (Å²) >= 11 is 1.86. The Morgan fingerprint density at radius 1 is 1.44 bits per heavy atom. The molecule has 1 amide bonds. The number of esters is 1. The molecule has 0 fully saturated rings. The maximum absolute atomic E-state index is 11.4. The van der Waals surface area contributed by atoms with Gasteiger partial charge in [-0.3, -0.25) is 14.9 Å². The van der Waals surface area contributed by atoms with Gasteiger partial charge < -0.3 is 10.1 Å². The zero-order valence-corrected chi connectivity index (χ0v) is 11.7. The Labute approximate surface area is 116 Å². The lowest BCUT2D eigenvalue weighted by molar-refractivity contribution is -0.385. The zero-order valence-electron chi connectivity index (χ0n) is 9.52. The molecule has 8 heteroatoms. The molecule has 1 aromatic rings. The molecule has 0 saturated heterocycles. The number of nitro benzene ring substituents is 1. The quantitative estimate of drug-likeness (QED) is 0.383. The van der Waals surface area contributed by atoms with E-state index in [1.54, 1.807) is 0 Å². The molecule has 0 atom stereocenters. The van der Waals surface area contributed by atoms with Gasteiger partial charge in [-0.05, 0) is 28.7 Å². The number of nitrogens with one attached hydrogen (secondary N) is 1. The van der Waals surface area contributed by atoms with E-state index in [-0.39, 0.29) is 17.2 Å². The molecule has 0 unspecified atom stereocenters. The van der Waals surface area contributed by atoms with Crippen LogP contribution in [0.5, 0.6) is 0 Å². The van der Waals surface area contributed by atoms with E-state index < -0.39 is 16.6 Å². The molecule has 0 bridgehead atoms. The molecular weight excluding hydrogens is 355 g/mol. The number of carbonyl (C=O) groups excluding carboxylic acids is 2. The SMILES string of the molecule is COC(=O)c1cc(I)c(NC(C)=O)cc1[N+](=O)[O-]. The summed E-state index contributed by atoms with van der Waals surface area (Å²) in [4.78, 5) is 32.5. The Hall–Kier alpha value is -1.71. The third-order valence-corrected chi connectivity index (χ3v) is 2.89. The van der Waals surface area contributed by atoms with E-state index in [9.17, 15) is 19.7 Å². The molecule has 96 valence electrons. The van der Waals surface area contributed by atoms with Gasteiger partial charge >= 0.3 is 5.97 Å². The summed E-state index contributed by atoms with van der Waals surface area (Å²) in [6.45, 7) is 1.29. The van der Waals surface area contributed by atoms with Crippen LogP contribution >= 0.6 is 22.6 Å². The van der Waals surface area contributed by atoms with Gasteiger partial charge in [0.1, 0.15) is 5.56 Å². The van der Waals surface area contributed by atoms with Crippen LogP contribution in [0, 0.1) is 13.7 Å². The third-order valence-electron chi connectivity index (χ3n) is 2.00. The fourth-order valence-electron chi connectivity index (χ4n) is 1.27. The highest BCUT2D eigenvalue weighted by Crippen LogP contribution is 2.29. The summed E-state index contributed by atoms with van der Waals surface area (Å²) in [5.41, 5.74) is -0.283. The third kappa shape index (κ3) is 3.15. The molecule has 0 saturated carbocycles. The van der Waals surface area contributed by atoms with Gasteiger partial charge in [0.2, 0.25) is 5.91 Å². The van der Waals surface area contributed by atoms with Gasteiger partial charge in [-0.25, -0.2) is 4.79 Å².